The molecule has 0 amide bonds. The summed E-state index contributed by atoms with van der Waals surface area (Å²) in [4.78, 5) is 11.0. The van der Waals surface area contributed by atoms with Gasteiger partial charge in [-0.25, -0.2) is 8.42 Å². The van der Waals surface area contributed by atoms with Crippen LogP contribution in [0, 0.1) is 17.0 Å². The monoisotopic (exact) mass is 455 g/mol. The van der Waals surface area contributed by atoms with Crippen molar-refractivity contribution in [2.75, 3.05) is 11.8 Å². The Morgan fingerprint density at radius 2 is 2.07 bits per heavy atom. The predicted octanol–water partition coefficient (Wildman–Crippen LogP) is 4.59. The second-order valence-corrected chi connectivity index (χ2v) is 9.11. The maximum atomic E-state index is 12.6. The SMILES string of the molecule is COc1ccc(NS(=O)(=O)c2ccc(/C=C/c3onc(C)c3[N+](=O)[O-])s2)cc1Cl. The van der Waals surface area contributed by atoms with Crippen LogP contribution in [0.15, 0.2) is 39.1 Å². The first-order valence-electron chi connectivity index (χ1n) is 7.96. The molecule has 152 valence electrons. The molecule has 0 fully saturated rings. The molecule has 0 radical (unpaired) electrons. The van der Waals surface area contributed by atoms with Gasteiger partial charge in [0.1, 0.15) is 9.96 Å². The van der Waals surface area contributed by atoms with Gasteiger partial charge in [-0.1, -0.05) is 16.8 Å². The number of nitro groups is 1. The van der Waals surface area contributed by atoms with Gasteiger partial charge >= 0.3 is 5.69 Å². The van der Waals surface area contributed by atoms with Crippen molar-refractivity contribution in [2.24, 2.45) is 0 Å². The van der Waals surface area contributed by atoms with Crippen LogP contribution < -0.4 is 9.46 Å². The van der Waals surface area contributed by atoms with Crippen molar-refractivity contribution in [2.45, 2.75) is 11.1 Å². The minimum atomic E-state index is -3.84. The van der Waals surface area contributed by atoms with Gasteiger partial charge in [0.25, 0.3) is 10.0 Å². The topological polar surface area (TPSA) is 125 Å². The number of nitrogens with one attached hydrogen (secondary N) is 1. The van der Waals surface area contributed by atoms with Crippen LogP contribution in [-0.2, 0) is 10.0 Å². The predicted molar refractivity (Wildman–Crippen MR) is 110 cm³/mol. The van der Waals surface area contributed by atoms with Crippen LogP contribution in [0.3, 0.4) is 0 Å². The molecule has 0 saturated carbocycles. The second kappa shape index (κ2) is 8.23. The third kappa shape index (κ3) is 4.58. The minimum Gasteiger partial charge on any atom is -0.495 e. The molecule has 3 aromatic rings. The van der Waals surface area contributed by atoms with Gasteiger partial charge in [-0.15, -0.1) is 11.3 Å². The van der Waals surface area contributed by atoms with Crippen molar-refractivity contribution in [1.29, 1.82) is 0 Å². The summed E-state index contributed by atoms with van der Waals surface area (Å²) in [6.45, 7) is 1.46. The zero-order valence-electron chi connectivity index (χ0n) is 15.1. The number of halogens is 1. The summed E-state index contributed by atoms with van der Waals surface area (Å²) >= 11 is 7.00. The smallest absolute Gasteiger partial charge is 0.338 e. The number of aromatic nitrogens is 1. The molecule has 0 saturated heterocycles. The highest BCUT2D eigenvalue weighted by Gasteiger charge is 2.22. The van der Waals surface area contributed by atoms with Crippen LogP contribution >= 0.6 is 22.9 Å². The first-order valence-corrected chi connectivity index (χ1v) is 10.6. The van der Waals surface area contributed by atoms with Crippen LogP contribution in [0.2, 0.25) is 5.02 Å². The van der Waals surface area contributed by atoms with E-state index in [-0.39, 0.29) is 32.1 Å². The van der Waals surface area contributed by atoms with Gasteiger partial charge in [-0.05, 0) is 49.4 Å². The van der Waals surface area contributed by atoms with Gasteiger partial charge in [0, 0.05) is 4.88 Å². The summed E-state index contributed by atoms with van der Waals surface area (Å²) in [6.07, 6.45) is 2.89. The molecule has 9 nitrogen and oxygen atoms in total. The summed E-state index contributed by atoms with van der Waals surface area (Å²) in [7, 11) is -2.38. The van der Waals surface area contributed by atoms with Crippen LogP contribution in [0.25, 0.3) is 12.2 Å². The third-order valence-electron chi connectivity index (χ3n) is 3.71. The van der Waals surface area contributed by atoms with Crippen LogP contribution in [0.1, 0.15) is 16.3 Å². The van der Waals surface area contributed by atoms with E-state index in [2.05, 4.69) is 9.88 Å². The van der Waals surface area contributed by atoms with Crippen molar-refractivity contribution >= 4 is 56.5 Å². The highest BCUT2D eigenvalue weighted by atomic mass is 35.5. The molecule has 0 spiro atoms. The number of hydrogen-bond acceptors (Lipinski definition) is 8. The maximum absolute atomic E-state index is 12.6. The van der Waals surface area contributed by atoms with Crippen molar-refractivity contribution in [3.63, 3.8) is 0 Å². The number of thiophene rings is 1. The Bertz CT molecular complexity index is 1200. The number of sulfonamides is 1. The molecule has 0 bridgehead atoms. The lowest BCUT2D eigenvalue weighted by Crippen LogP contribution is -2.11. The van der Waals surface area contributed by atoms with Crippen LogP contribution in [0.5, 0.6) is 5.75 Å². The highest BCUT2D eigenvalue weighted by Crippen LogP contribution is 2.31. The fourth-order valence-corrected chi connectivity index (χ4v) is 4.91. The minimum absolute atomic E-state index is 0.0173. The number of methoxy groups -OCH3 is 1. The zero-order valence-corrected chi connectivity index (χ0v) is 17.5. The number of rotatable bonds is 7. The van der Waals surface area contributed by atoms with E-state index in [0.717, 1.165) is 11.3 Å². The van der Waals surface area contributed by atoms with Gasteiger partial charge in [0.05, 0.1) is 22.7 Å². The summed E-state index contributed by atoms with van der Waals surface area (Å²) < 4.78 is 37.6. The Balaban J connectivity index is 1.80. The molecule has 0 unspecified atom stereocenters. The lowest BCUT2D eigenvalue weighted by atomic mass is 10.3. The maximum Gasteiger partial charge on any atom is 0.338 e. The number of aryl methyl sites for hydroxylation is 1. The first kappa shape index (κ1) is 20.8. The molecule has 2 heterocycles. The number of benzene rings is 1. The fourth-order valence-electron chi connectivity index (χ4n) is 2.38. The fraction of sp³-hybridized carbons (Fsp3) is 0.118. The molecule has 29 heavy (non-hydrogen) atoms. The molecule has 1 aromatic carbocycles. The number of hydrogen-bond donors (Lipinski definition) is 1. The number of anilines is 1. The zero-order chi connectivity index (χ0) is 21.2. The third-order valence-corrected chi connectivity index (χ3v) is 6.93. The van der Waals surface area contributed by atoms with Crippen molar-refractivity contribution in [3.05, 3.63) is 61.8 Å². The van der Waals surface area contributed by atoms with Gasteiger partial charge in [-0.3, -0.25) is 14.8 Å². The molecule has 12 heteroatoms. The second-order valence-electron chi connectivity index (χ2n) is 5.68. The first-order chi connectivity index (χ1) is 13.7. The average Bonchev–Trinajstić information content (AvgIpc) is 3.27. The Kier molecular flexibility index (Phi) is 5.91. The van der Waals surface area contributed by atoms with E-state index in [1.54, 1.807) is 12.1 Å². The normalized spacial score (nSPS) is 11.7. The summed E-state index contributed by atoms with van der Waals surface area (Å²) in [5.41, 5.74) is 0.212. The van der Waals surface area contributed by atoms with Crippen LogP contribution in [-0.4, -0.2) is 25.6 Å². The Hall–Kier alpha value is -2.89. The quantitative estimate of drug-likeness (QED) is 0.408. The van der Waals surface area contributed by atoms with E-state index in [9.17, 15) is 18.5 Å². The highest BCUT2D eigenvalue weighted by molar-refractivity contribution is 7.94. The molecule has 0 aliphatic rings. The van der Waals surface area contributed by atoms with E-state index in [1.807, 2.05) is 0 Å². The molecular formula is C17H14ClN3O6S2. The molecule has 0 atom stereocenters. The molecule has 2 aromatic heterocycles. The van der Waals surface area contributed by atoms with Gasteiger partial charge in [-0.2, -0.15) is 0 Å². The van der Waals surface area contributed by atoms with Gasteiger partial charge < -0.3 is 9.26 Å². The Morgan fingerprint density at radius 3 is 2.72 bits per heavy atom. The van der Waals surface area contributed by atoms with E-state index >= 15 is 0 Å². The average molecular weight is 456 g/mol. The largest absolute Gasteiger partial charge is 0.495 e. The lowest BCUT2D eigenvalue weighted by molar-refractivity contribution is -0.386. The summed E-state index contributed by atoms with van der Waals surface area (Å²) in [6, 6.07) is 7.53. The molecule has 1 N–H and O–H groups in total. The summed E-state index contributed by atoms with van der Waals surface area (Å²) in [5.74, 6) is 0.409. The Labute approximate surface area is 174 Å². The molecule has 0 aliphatic heterocycles. The van der Waals surface area contributed by atoms with Crippen LogP contribution in [0.4, 0.5) is 11.4 Å². The van der Waals surface area contributed by atoms with Gasteiger partial charge in [0.15, 0.2) is 5.69 Å². The van der Waals surface area contributed by atoms with Gasteiger partial charge in [0.2, 0.25) is 5.76 Å². The van der Waals surface area contributed by atoms with E-state index in [4.69, 9.17) is 20.9 Å². The standard InChI is InChI=1S/C17H14ClN3O6S2/c1-10-17(21(22)23)15(27-19-10)7-4-12-5-8-16(28-12)29(24,25)20-11-3-6-14(26-2)13(18)9-11/h3-9,20H,1-2H3/b7-4+. The van der Waals surface area contributed by atoms with Crippen molar-refractivity contribution in [1.82, 2.24) is 5.16 Å². The lowest BCUT2D eigenvalue weighted by Gasteiger charge is -2.08. The molecule has 3 rings (SSSR count). The van der Waals surface area contributed by atoms with E-state index < -0.39 is 14.9 Å². The summed E-state index contributed by atoms with van der Waals surface area (Å²) in [5, 5.41) is 14.9. The Morgan fingerprint density at radius 1 is 1.31 bits per heavy atom. The van der Waals surface area contributed by atoms with Crippen molar-refractivity contribution < 1.29 is 22.6 Å². The number of ether oxygens (including phenoxy) is 1. The molecule has 0 aliphatic carbocycles. The van der Waals surface area contributed by atoms with Crippen molar-refractivity contribution in [3.8, 4) is 5.75 Å². The molecular weight excluding hydrogens is 442 g/mol. The number of nitrogens with zero attached hydrogens (tertiary/aromatic N) is 2. The van der Waals surface area contributed by atoms with E-state index in [0.29, 0.717) is 10.6 Å². The van der Waals surface area contributed by atoms with E-state index in [1.165, 1.54) is 44.4 Å².